The van der Waals surface area contributed by atoms with Crippen LogP contribution >= 0.6 is 15.9 Å². The van der Waals surface area contributed by atoms with Gasteiger partial charge in [0.15, 0.2) is 0 Å². The lowest BCUT2D eigenvalue weighted by atomic mass is 9.87. The minimum Gasteiger partial charge on any atom is -0.385 e. The van der Waals surface area contributed by atoms with Gasteiger partial charge in [0.05, 0.1) is 0 Å². The summed E-state index contributed by atoms with van der Waals surface area (Å²) in [6.45, 7) is 2.56. The molecule has 0 aromatic carbocycles. The van der Waals surface area contributed by atoms with Crippen LogP contribution < -0.4 is 0 Å². The number of hydrogen-bond acceptors (Lipinski definition) is 2. The molecule has 1 saturated carbocycles. The zero-order valence-corrected chi connectivity index (χ0v) is 11.3. The highest BCUT2D eigenvalue weighted by molar-refractivity contribution is 9.09. The van der Waals surface area contributed by atoms with Crippen molar-refractivity contribution in [1.82, 2.24) is 0 Å². The predicted octanol–water partition coefficient (Wildman–Crippen LogP) is 3.38. The quantitative estimate of drug-likeness (QED) is 0.525. The van der Waals surface area contributed by atoms with Gasteiger partial charge in [0.25, 0.3) is 0 Å². The third-order valence-corrected chi connectivity index (χ3v) is 4.29. The molecular weight excluding hydrogens is 256 g/mol. The van der Waals surface area contributed by atoms with Crippen molar-refractivity contribution in [1.29, 1.82) is 0 Å². The van der Waals surface area contributed by atoms with Crippen LogP contribution in [0.2, 0.25) is 0 Å². The topological polar surface area (TPSA) is 18.5 Å². The Bertz CT molecular complexity index is 153. The standard InChI is InChI=1S/C12H23BrO2/c1-14-8-4-9-15-10-7-11-5-2-3-6-12(11)13/h11-12H,2-10H2,1H3. The second-order valence-electron chi connectivity index (χ2n) is 4.31. The van der Waals surface area contributed by atoms with E-state index in [1.165, 1.54) is 32.1 Å². The molecule has 1 fully saturated rings. The Labute approximate surface area is 102 Å². The van der Waals surface area contributed by atoms with Gasteiger partial charge in [-0.1, -0.05) is 28.8 Å². The van der Waals surface area contributed by atoms with Crippen LogP contribution in [0.1, 0.15) is 38.5 Å². The Balaban J connectivity index is 1.94. The summed E-state index contributed by atoms with van der Waals surface area (Å²) in [7, 11) is 1.73. The van der Waals surface area contributed by atoms with Gasteiger partial charge in [-0.3, -0.25) is 0 Å². The van der Waals surface area contributed by atoms with Crippen LogP contribution in [0.25, 0.3) is 0 Å². The lowest BCUT2D eigenvalue weighted by Crippen LogP contribution is -2.20. The van der Waals surface area contributed by atoms with E-state index < -0.39 is 0 Å². The summed E-state index contributed by atoms with van der Waals surface area (Å²) in [4.78, 5) is 0.730. The maximum absolute atomic E-state index is 5.59. The van der Waals surface area contributed by atoms with E-state index in [4.69, 9.17) is 9.47 Å². The van der Waals surface area contributed by atoms with Crippen molar-refractivity contribution in [3.8, 4) is 0 Å². The second-order valence-corrected chi connectivity index (χ2v) is 5.48. The molecule has 0 aliphatic heterocycles. The molecule has 2 nitrogen and oxygen atoms in total. The molecule has 90 valence electrons. The van der Waals surface area contributed by atoms with E-state index in [9.17, 15) is 0 Å². The smallest absolute Gasteiger partial charge is 0.0487 e. The molecule has 0 saturated heterocycles. The summed E-state index contributed by atoms with van der Waals surface area (Å²) in [5.41, 5.74) is 0. The molecule has 0 amide bonds. The highest BCUT2D eigenvalue weighted by atomic mass is 79.9. The minimum absolute atomic E-state index is 0.730. The number of ether oxygens (including phenoxy) is 2. The molecule has 0 N–H and O–H groups in total. The highest BCUT2D eigenvalue weighted by Crippen LogP contribution is 2.31. The van der Waals surface area contributed by atoms with Gasteiger partial charge >= 0.3 is 0 Å². The van der Waals surface area contributed by atoms with E-state index >= 15 is 0 Å². The third kappa shape index (κ3) is 5.88. The molecule has 2 atom stereocenters. The fraction of sp³-hybridized carbons (Fsp3) is 1.00. The van der Waals surface area contributed by atoms with E-state index in [1.807, 2.05) is 0 Å². The van der Waals surface area contributed by atoms with Crippen molar-refractivity contribution in [3.63, 3.8) is 0 Å². The summed E-state index contributed by atoms with van der Waals surface area (Å²) < 4.78 is 10.6. The molecule has 1 aliphatic carbocycles. The van der Waals surface area contributed by atoms with Crippen molar-refractivity contribution in [2.75, 3.05) is 26.9 Å². The Morgan fingerprint density at radius 3 is 2.67 bits per heavy atom. The predicted molar refractivity (Wildman–Crippen MR) is 66.6 cm³/mol. The summed E-state index contributed by atoms with van der Waals surface area (Å²) >= 11 is 3.77. The fourth-order valence-corrected chi connectivity index (χ4v) is 2.98. The summed E-state index contributed by atoms with van der Waals surface area (Å²) in [5, 5.41) is 0. The first kappa shape index (κ1) is 13.5. The molecule has 1 rings (SSSR count). The van der Waals surface area contributed by atoms with Crippen molar-refractivity contribution in [2.24, 2.45) is 5.92 Å². The molecule has 0 radical (unpaired) electrons. The summed E-state index contributed by atoms with van der Waals surface area (Å²) in [6, 6.07) is 0. The summed E-state index contributed by atoms with van der Waals surface area (Å²) in [5.74, 6) is 0.834. The molecule has 1 aliphatic rings. The van der Waals surface area contributed by atoms with Gasteiger partial charge in [-0.2, -0.15) is 0 Å². The maximum Gasteiger partial charge on any atom is 0.0487 e. The molecular formula is C12H23BrO2. The fourth-order valence-electron chi connectivity index (χ4n) is 2.13. The maximum atomic E-state index is 5.59. The van der Waals surface area contributed by atoms with E-state index in [0.717, 1.165) is 37.0 Å². The number of halogens is 1. The molecule has 0 aromatic rings. The number of rotatable bonds is 7. The van der Waals surface area contributed by atoms with Gasteiger partial charge in [-0.25, -0.2) is 0 Å². The van der Waals surface area contributed by atoms with Gasteiger partial charge in [-0.15, -0.1) is 0 Å². The van der Waals surface area contributed by atoms with Crippen LogP contribution in [0.3, 0.4) is 0 Å². The Morgan fingerprint density at radius 2 is 1.93 bits per heavy atom. The van der Waals surface area contributed by atoms with E-state index in [-0.39, 0.29) is 0 Å². The van der Waals surface area contributed by atoms with Crippen molar-refractivity contribution in [3.05, 3.63) is 0 Å². The molecule has 0 bridgehead atoms. The van der Waals surface area contributed by atoms with Crippen LogP contribution in [0, 0.1) is 5.92 Å². The zero-order valence-electron chi connectivity index (χ0n) is 9.71. The molecule has 0 spiro atoms. The Hall–Kier alpha value is 0.400. The minimum atomic E-state index is 0.730. The summed E-state index contributed by atoms with van der Waals surface area (Å²) in [6.07, 6.45) is 7.73. The lowest BCUT2D eigenvalue weighted by molar-refractivity contribution is 0.0909. The first-order valence-electron chi connectivity index (χ1n) is 6.05. The van der Waals surface area contributed by atoms with Gasteiger partial charge in [0.2, 0.25) is 0 Å². The monoisotopic (exact) mass is 278 g/mol. The van der Waals surface area contributed by atoms with Gasteiger partial charge in [-0.05, 0) is 31.6 Å². The van der Waals surface area contributed by atoms with Gasteiger partial charge in [0.1, 0.15) is 0 Å². The first-order chi connectivity index (χ1) is 7.34. The second kappa shape index (κ2) is 8.54. The molecule has 0 aromatic heterocycles. The largest absolute Gasteiger partial charge is 0.385 e. The van der Waals surface area contributed by atoms with E-state index in [2.05, 4.69) is 15.9 Å². The third-order valence-electron chi connectivity index (χ3n) is 3.09. The molecule has 0 heterocycles. The van der Waals surface area contributed by atoms with E-state index in [1.54, 1.807) is 7.11 Å². The van der Waals surface area contributed by atoms with Crippen molar-refractivity contribution < 1.29 is 9.47 Å². The van der Waals surface area contributed by atoms with Crippen molar-refractivity contribution in [2.45, 2.75) is 43.4 Å². The Kier molecular flexibility index (Phi) is 7.67. The van der Waals surface area contributed by atoms with E-state index in [0.29, 0.717) is 0 Å². The van der Waals surface area contributed by atoms with Crippen LogP contribution in [0.5, 0.6) is 0 Å². The van der Waals surface area contributed by atoms with Crippen LogP contribution in [-0.2, 0) is 9.47 Å². The van der Waals surface area contributed by atoms with Crippen molar-refractivity contribution >= 4 is 15.9 Å². The Morgan fingerprint density at radius 1 is 1.13 bits per heavy atom. The SMILES string of the molecule is COCCCOCCC1CCCCC1Br. The number of alkyl halides is 1. The average Bonchev–Trinajstić information content (AvgIpc) is 2.25. The molecule has 15 heavy (non-hydrogen) atoms. The van der Waals surface area contributed by atoms with Crippen LogP contribution in [0.15, 0.2) is 0 Å². The average molecular weight is 279 g/mol. The van der Waals surface area contributed by atoms with Gasteiger partial charge in [0, 0.05) is 31.8 Å². The highest BCUT2D eigenvalue weighted by Gasteiger charge is 2.21. The number of methoxy groups -OCH3 is 1. The van der Waals surface area contributed by atoms with Gasteiger partial charge < -0.3 is 9.47 Å². The first-order valence-corrected chi connectivity index (χ1v) is 6.97. The van der Waals surface area contributed by atoms with Crippen LogP contribution in [-0.4, -0.2) is 31.8 Å². The lowest BCUT2D eigenvalue weighted by Gasteiger charge is -2.27. The number of hydrogen-bond donors (Lipinski definition) is 0. The van der Waals surface area contributed by atoms with Crippen LogP contribution in [0.4, 0.5) is 0 Å². The molecule has 2 unspecified atom stereocenters. The zero-order chi connectivity index (χ0) is 10.9. The molecule has 3 heteroatoms. The normalized spacial score (nSPS) is 26.8.